The molecule has 0 fully saturated rings. The van der Waals surface area contributed by atoms with E-state index >= 15 is 0 Å². The van der Waals surface area contributed by atoms with Crippen LogP contribution in [0, 0.1) is 0 Å². The van der Waals surface area contributed by atoms with Crippen molar-refractivity contribution < 1.29 is 14.3 Å². The molecule has 1 aromatic carbocycles. The first-order valence-corrected chi connectivity index (χ1v) is 7.89. The van der Waals surface area contributed by atoms with E-state index in [4.69, 9.17) is 9.47 Å². The number of carbonyl (C=O) groups excluding carboxylic acids is 1. The molecule has 0 unspecified atom stereocenters. The predicted octanol–water partition coefficient (Wildman–Crippen LogP) is 2.52. The standard InChI is InChI=1S/C18H24N4O3/c1-22(2)16(13-7-9-14(24-3)10-8-13)12-20-18(23)21-15-6-5-11-19-17(15)25-4/h5-11,16H,12H2,1-4H3,(H2,20,21,23)/t16-/m0/s1. The van der Waals surface area contributed by atoms with E-state index in [0.29, 0.717) is 18.1 Å². The Balaban J connectivity index is 1.99. The monoisotopic (exact) mass is 344 g/mol. The Hall–Kier alpha value is -2.80. The number of urea groups is 1. The molecular formula is C18H24N4O3. The number of rotatable bonds is 7. The van der Waals surface area contributed by atoms with Crippen LogP contribution in [0.3, 0.4) is 0 Å². The third kappa shape index (κ3) is 5.09. The summed E-state index contributed by atoms with van der Waals surface area (Å²) < 4.78 is 10.3. The van der Waals surface area contributed by atoms with Gasteiger partial charge in [-0.3, -0.25) is 0 Å². The second-order valence-electron chi connectivity index (χ2n) is 5.65. The van der Waals surface area contributed by atoms with Crippen LogP contribution in [0.5, 0.6) is 11.6 Å². The predicted molar refractivity (Wildman–Crippen MR) is 97.2 cm³/mol. The summed E-state index contributed by atoms with van der Waals surface area (Å²) in [7, 11) is 7.09. The van der Waals surface area contributed by atoms with Crippen molar-refractivity contribution in [2.45, 2.75) is 6.04 Å². The van der Waals surface area contributed by atoms with Gasteiger partial charge in [-0.05, 0) is 43.9 Å². The number of carbonyl (C=O) groups is 1. The van der Waals surface area contributed by atoms with Crippen molar-refractivity contribution in [1.29, 1.82) is 0 Å². The van der Waals surface area contributed by atoms with Crippen molar-refractivity contribution >= 4 is 11.7 Å². The molecule has 134 valence electrons. The largest absolute Gasteiger partial charge is 0.497 e. The average Bonchev–Trinajstić information content (AvgIpc) is 2.62. The van der Waals surface area contributed by atoms with Gasteiger partial charge in [0.05, 0.1) is 20.3 Å². The Bertz CT molecular complexity index is 689. The molecule has 1 aromatic heterocycles. The lowest BCUT2D eigenvalue weighted by Gasteiger charge is -2.25. The van der Waals surface area contributed by atoms with Gasteiger partial charge in [0.15, 0.2) is 0 Å². The Morgan fingerprint density at radius 3 is 2.48 bits per heavy atom. The molecular weight excluding hydrogens is 320 g/mol. The molecule has 25 heavy (non-hydrogen) atoms. The highest BCUT2D eigenvalue weighted by molar-refractivity contribution is 5.90. The second kappa shape index (κ2) is 8.89. The molecule has 2 rings (SSSR count). The lowest BCUT2D eigenvalue weighted by atomic mass is 10.1. The molecule has 0 aliphatic heterocycles. The SMILES string of the molecule is COc1ccc([C@H](CNC(=O)Nc2cccnc2OC)N(C)C)cc1. The summed E-state index contributed by atoms with van der Waals surface area (Å²) in [6.45, 7) is 0.452. The number of hydrogen-bond acceptors (Lipinski definition) is 5. The number of likely N-dealkylation sites (N-methyl/N-ethyl adjacent to an activating group) is 1. The quantitative estimate of drug-likeness (QED) is 0.807. The van der Waals surface area contributed by atoms with Crippen LogP contribution >= 0.6 is 0 Å². The van der Waals surface area contributed by atoms with Gasteiger partial charge in [0.1, 0.15) is 11.4 Å². The van der Waals surface area contributed by atoms with Gasteiger partial charge in [-0.15, -0.1) is 0 Å². The van der Waals surface area contributed by atoms with Crippen molar-refractivity contribution in [3.63, 3.8) is 0 Å². The third-order valence-corrected chi connectivity index (χ3v) is 3.79. The van der Waals surface area contributed by atoms with E-state index < -0.39 is 0 Å². The fourth-order valence-electron chi connectivity index (χ4n) is 2.43. The van der Waals surface area contributed by atoms with Crippen LogP contribution in [0.4, 0.5) is 10.5 Å². The van der Waals surface area contributed by atoms with E-state index in [0.717, 1.165) is 11.3 Å². The first-order chi connectivity index (χ1) is 12.0. The minimum atomic E-state index is -0.313. The normalized spacial score (nSPS) is 11.7. The van der Waals surface area contributed by atoms with Crippen LogP contribution in [-0.2, 0) is 0 Å². The van der Waals surface area contributed by atoms with Gasteiger partial charge in [-0.2, -0.15) is 0 Å². The summed E-state index contributed by atoms with van der Waals surface area (Å²) in [5.74, 6) is 1.17. The summed E-state index contributed by atoms with van der Waals surface area (Å²) in [6.07, 6.45) is 1.60. The zero-order chi connectivity index (χ0) is 18.2. The molecule has 0 spiro atoms. The molecule has 2 aromatic rings. The lowest BCUT2D eigenvalue weighted by Crippen LogP contribution is -2.37. The summed E-state index contributed by atoms with van der Waals surface area (Å²) in [5.41, 5.74) is 1.61. The van der Waals surface area contributed by atoms with E-state index in [-0.39, 0.29) is 12.1 Å². The molecule has 7 heteroatoms. The van der Waals surface area contributed by atoms with E-state index in [1.54, 1.807) is 25.4 Å². The van der Waals surface area contributed by atoms with Gasteiger partial charge in [-0.25, -0.2) is 9.78 Å². The van der Waals surface area contributed by atoms with E-state index in [1.807, 2.05) is 43.3 Å². The molecule has 0 bridgehead atoms. The molecule has 0 aliphatic carbocycles. The fourth-order valence-corrected chi connectivity index (χ4v) is 2.43. The third-order valence-electron chi connectivity index (χ3n) is 3.79. The van der Waals surface area contributed by atoms with Gasteiger partial charge >= 0.3 is 6.03 Å². The summed E-state index contributed by atoms with van der Waals surface area (Å²) >= 11 is 0. The number of benzene rings is 1. The van der Waals surface area contributed by atoms with Crippen molar-refractivity contribution in [2.75, 3.05) is 40.2 Å². The number of pyridine rings is 1. The maximum absolute atomic E-state index is 12.2. The molecule has 2 N–H and O–H groups in total. The Labute approximate surface area is 148 Å². The number of amides is 2. The molecule has 1 heterocycles. The van der Waals surface area contributed by atoms with Gasteiger partial charge < -0.3 is 25.0 Å². The summed E-state index contributed by atoms with van der Waals surface area (Å²) in [5, 5.41) is 5.63. The maximum Gasteiger partial charge on any atom is 0.319 e. The van der Waals surface area contributed by atoms with Crippen molar-refractivity contribution in [2.24, 2.45) is 0 Å². The number of nitrogens with zero attached hydrogens (tertiary/aromatic N) is 2. The number of aromatic nitrogens is 1. The molecule has 7 nitrogen and oxygen atoms in total. The molecule has 1 atom stereocenters. The lowest BCUT2D eigenvalue weighted by molar-refractivity contribution is 0.243. The highest BCUT2D eigenvalue weighted by Crippen LogP contribution is 2.21. The molecule has 0 saturated carbocycles. The minimum Gasteiger partial charge on any atom is -0.497 e. The topological polar surface area (TPSA) is 75.7 Å². The minimum absolute atomic E-state index is 0.0347. The van der Waals surface area contributed by atoms with Crippen LogP contribution in [0.25, 0.3) is 0 Å². The Morgan fingerprint density at radius 2 is 1.88 bits per heavy atom. The molecule has 0 aliphatic rings. The van der Waals surface area contributed by atoms with Crippen molar-refractivity contribution in [1.82, 2.24) is 15.2 Å². The highest BCUT2D eigenvalue weighted by atomic mass is 16.5. The summed E-state index contributed by atoms with van der Waals surface area (Å²) in [4.78, 5) is 18.3. The van der Waals surface area contributed by atoms with E-state index in [9.17, 15) is 4.79 Å². The van der Waals surface area contributed by atoms with Crippen LogP contribution in [-0.4, -0.2) is 50.8 Å². The van der Waals surface area contributed by atoms with Gasteiger partial charge in [0, 0.05) is 12.7 Å². The van der Waals surface area contributed by atoms with Gasteiger partial charge in [-0.1, -0.05) is 12.1 Å². The van der Waals surface area contributed by atoms with Gasteiger partial charge in [0.25, 0.3) is 0 Å². The number of ether oxygens (including phenoxy) is 2. The first kappa shape index (κ1) is 18.5. The second-order valence-corrected chi connectivity index (χ2v) is 5.65. The number of nitrogens with one attached hydrogen (secondary N) is 2. The highest BCUT2D eigenvalue weighted by Gasteiger charge is 2.16. The zero-order valence-electron chi connectivity index (χ0n) is 14.9. The molecule has 2 amide bonds. The maximum atomic E-state index is 12.2. The fraction of sp³-hybridized carbons (Fsp3) is 0.333. The Morgan fingerprint density at radius 1 is 1.16 bits per heavy atom. The summed E-state index contributed by atoms with van der Waals surface area (Å²) in [6, 6.07) is 11.0. The zero-order valence-corrected chi connectivity index (χ0v) is 14.9. The van der Waals surface area contributed by atoms with Crippen LogP contribution in [0.2, 0.25) is 0 Å². The van der Waals surface area contributed by atoms with Gasteiger partial charge in [0.2, 0.25) is 5.88 Å². The van der Waals surface area contributed by atoms with Crippen LogP contribution in [0.15, 0.2) is 42.6 Å². The van der Waals surface area contributed by atoms with Crippen LogP contribution < -0.4 is 20.1 Å². The number of anilines is 1. The van der Waals surface area contributed by atoms with Crippen molar-refractivity contribution in [3.05, 3.63) is 48.2 Å². The average molecular weight is 344 g/mol. The smallest absolute Gasteiger partial charge is 0.319 e. The van der Waals surface area contributed by atoms with Crippen LogP contribution in [0.1, 0.15) is 11.6 Å². The van der Waals surface area contributed by atoms with Crippen molar-refractivity contribution in [3.8, 4) is 11.6 Å². The number of methoxy groups -OCH3 is 2. The molecule has 0 saturated heterocycles. The molecule has 0 radical (unpaired) electrons. The Kier molecular flexibility index (Phi) is 6.59. The number of hydrogen-bond donors (Lipinski definition) is 2. The first-order valence-electron chi connectivity index (χ1n) is 7.89. The van der Waals surface area contributed by atoms with E-state index in [2.05, 4.69) is 15.6 Å². The van der Waals surface area contributed by atoms with E-state index in [1.165, 1.54) is 7.11 Å².